The van der Waals surface area contributed by atoms with Gasteiger partial charge in [0.25, 0.3) is 15.9 Å². The van der Waals surface area contributed by atoms with Crippen LogP contribution in [0.2, 0.25) is 5.02 Å². The first-order valence-electron chi connectivity index (χ1n) is 8.93. The number of halogens is 1. The van der Waals surface area contributed by atoms with Crippen LogP contribution in [0, 0.1) is 20.8 Å². The molecule has 0 aliphatic carbocycles. The zero-order valence-corrected chi connectivity index (χ0v) is 17.9. The second-order valence-corrected chi connectivity index (χ2v) is 9.01. The second kappa shape index (κ2) is 8.27. The molecule has 3 aromatic carbocycles. The maximum absolute atomic E-state index is 13.0. The maximum Gasteiger partial charge on any atom is 0.262 e. The van der Waals surface area contributed by atoms with E-state index in [1.165, 1.54) is 6.07 Å². The van der Waals surface area contributed by atoms with E-state index in [1.54, 1.807) is 55.5 Å². The average Bonchev–Trinajstić information content (AvgIpc) is 2.60. The fourth-order valence-electron chi connectivity index (χ4n) is 3.04. The van der Waals surface area contributed by atoms with Gasteiger partial charge in [0.2, 0.25) is 0 Å². The van der Waals surface area contributed by atoms with Crippen molar-refractivity contribution in [1.29, 1.82) is 0 Å². The third-order valence-corrected chi connectivity index (χ3v) is 6.05. The standard InChI is InChI=1S/C22H21ClN2O3S/c1-14-9-15(2)11-20(10-14)25-29(27,28)21-12-17(8-7-16(21)3)22(26)24-19-6-4-5-18(23)13-19/h4-13,25H,1-3H3,(H,24,26). The summed E-state index contributed by atoms with van der Waals surface area (Å²) in [5, 5.41) is 3.22. The van der Waals surface area contributed by atoms with Gasteiger partial charge in [0, 0.05) is 22.0 Å². The number of hydrogen-bond donors (Lipinski definition) is 2. The van der Waals surface area contributed by atoms with Crippen LogP contribution < -0.4 is 10.0 Å². The molecule has 150 valence electrons. The van der Waals surface area contributed by atoms with Crippen molar-refractivity contribution in [3.63, 3.8) is 0 Å². The molecule has 2 N–H and O–H groups in total. The Hall–Kier alpha value is -2.83. The van der Waals surface area contributed by atoms with Gasteiger partial charge < -0.3 is 5.32 Å². The molecule has 7 heteroatoms. The number of benzene rings is 3. The number of carbonyl (C=O) groups is 1. The SMILES string of the molecule is Cc1cc(C)cc(NS(=O)(=O)c2cc(C(=O)Nc3cccc(Cl)c3)ccc2C)c1. The molecule has 0 radical (unpaired) electrons. The molecular formula is C22H21ClN2O3S. The van der Waals surface area contributed by atoms with Gasteiger partial charge in [-0.1, -0.05) is 29.8 Å². The van der Waals surface area contributed by atoms with Crippen LogP contribution in [0.3, 0.4) is 0 Å². The molecule has 0 fully saturated rings. The van der Waals surface area contributed by atoms with Crippen LogP contribution in [-0.4, -0.2) is 14.3 Å². The highest BCUT2D eigenvalue weighted by molar-refractivity contribution is 7.92. The lowest BCUT2D eigenvalue weighted by Gasteiger charge is -2.13. The van der Waals surface area contributed by atoms with Gasteiger partial charge in [-0.3, -0.25) is 9.52 Å². The van der Waals surface area contributed by atoms with Crippen molar-refractivity contribution in [2.24, 2.45) is 0 Å². The summed E-state index contributed by atoms with van der Waals surface area (Å²) in [6.45, 7) is 5.49. The Kier molecular flexibility index (Phi) is 5.96. The first-order valence-corrected chi connectivity index (χ1v) is 10.8. The van der Waals surface area contributed by atoms with Gasteiger partial charge in [0.15, 0.2) is 0 Å². The molecule has 0 aliphatic rings. The van der Waals surface area contributed by atoms with E-state index in [4.69, 9.17) is 11.6 Å². The second-order valence-electron chi connectivity index (χ2n) is 6.93. The Bertz CT molecular complexity index is 1170. The Morgan fingerprint density at radius 3 is 2.21 bits per heavy atom. The van der Waals surface area contributed by atoms with E-state index in [2.05, 4.69) is 10.0 Å². The average molecular weight is 429 g/mol. The first-order chi connectivity index (χ1) is 13.6. The summed E-state index contributed by atoms with van der Waals surface area (Å²) in [7, 11) is -3.86. The smallest absolute Gasteiger partial charge is 0.262 e. The summed E-state index contributed by atoms with van der Waals surface area (Å²) in [5.74, 6) is -0.421. The zero-order valence-electron chi connectivity index (χ0n) is 16.3. The number of aryl methyl sites for hydroxylation is 3. The van der Waals surface area contributed by atoms with Gasteiger partial charge >= 0.3 is 0 Å². The molecule has 0 aromatic heterocycles. The molecule has 1 amide bonds. The van der Waals surface area contributed by atoms with Crippen molar-refractivity contribution in [3.8, 4) is 0 Å². The summed E-state index contributed by atoms with van der Waals surface area (Å²) >= 11 is 5.94. The third-order valence-electron chi connectivity index (χ3n) is 4.30. The van der Waals surface area contributed by atoms with E-state index in [-0.39, 0.29) is 10.5 Å². The van der Waals surface area contributed by atoms with Crippen LogP contribution in [0.4, 0.5) is 11.4 Å². The van der Waals surface area contributed by atoms with E-state index >= 15 is 0 Å². The van der Waals surface area contributed by atoms with Gasteiger partial charge in [-0.25, -0.2) is 8.42 Å². The zero-order chi connectivity index (χ0) is 21.2. The Morgan fingerprint density at radius 2 is 1.55 bits per heavy atom. The van der Waals surface area contributed by atoms with Gasteiger partial charge in [-0.15, -0.1) is 0 Å². The number of sulfonamides is 1. The molecule has 0 atom stereocenters. The summed E-state index contributed by atoms with van der Waals surface area (Å²) in [6.07, 6.45) is 0. The molecule has 29 heavy (non-hydrogen) atoms. The number of carbonyl (C=O) groups excluding carboxylic acids is 1. The van der Waals surface area contributed by atoms with E-state index < -0.39 is 15.9 Å². The van der Waals surface area contributed by atoms with Gasteiger partial charge in [-0.2, -0.15) is 0 Å². The maximum atomic E-state index is 13.0. The minimum absolute atomic E-state index is 0.0513. The molecule has 0 heterocycles. The fraction of sp³-hybridized carbons (Fsp3) is 0.136. The lowest BCUT2D eigenvalue weighted by atomic mass is 10.1. The lowest BCUT2D eigenvalue weighted by molar-refractivity contribution is 0.102. The Balaban J connectivity index is 1.90. The first kappa shape index (κ1) is 20.9. The lowest BCUT2D eigenvalue weighted by Crippen LogP contribution is -2.17. The highest BCUT2D eigenvalue weighted by Gasteiger charge is 2.20. The largest absolute Gasteiger partial charge is 0.322 e. The quantitative estimate of drug-likeness (QED) is 0.577. The van der Waals surface area contributed by atoms with Crippen molar-refractivity contribution in [3.05, 3.63) is 87.9 Å². The summed E-state index contributed by atoms with van der Waals surface area (Å²) in [6, 6.07) is 16.8. The molecule has 0 aliphatic heterocycles. The van der Waals surface area contributed by atoms with Crippen molar-refractivity contribution in [2.45, 2.75) is 25.7 Å². The minimum atomic E-state index is -3.86. The predicted octanol–water partition coefficient (Wildman–Crippen LogP) is 5.32. The van der Waals surface area contributed by atoms with Crippen LogP contribution in [0.25, 0.3) is 0 Å². The number of anilines is 2. The number of nitrogens with one attached hydrogen (secondary N) is 2. The molecule has 0 saturated heterocycles. The van der Waals surface area contributed by atoms with Crippen molar-refractivity contribution in [2.75, 3.05) is 10.0 Å². The summed E-state index contributed by atoms with van der Waals surface area (Å²) in [5.41, 5.74) is 3.69. The molecule has 0 saturated carbocycles. The van der Waals surface area contributed by atoms with Crippen molar-refractivity contribution >= 4 is 38.9 Å². The van der Waals surface area contributed by atoms with Gasteiger partial charge in [0.1, 0.15) is 0 Å². The Labute approximate surface area is 175 Å². The van der Waals surface area contributed by atoms with Gasteiger partial charge in [0.05, 0.1) is 4.90 Å². The van der Waals surface area contributed by atoms with E-state index in [9.17, 15) is 13.2 Å². The minimum Gasteiger partial charge on any atom is -0.322 e. The van der Waals surface area contributed by atoms with Crippen molar-refractivity contribution in [1.82, 2.24) is 0 Å². The van der Waals surface area contributed by atoms with Crippen LogP contribution >= 0.6 is 11.6 Å². The summed E-state index contributed by atoms with van der Waals surface area (Å²) in [4.78, 5) is 12.6. The molecular weight excluding hydrogens is 408 g/mol. The number of amides is 1. The normalized spacial score (nSPS) is 11.2. The predicted molar refractivity (Wildman–Crippen MR) is 117 cm³/mol. The van der Waals surface area contributed by atoms with E-state index in [0.717, 1.165) is 11.1 Å². The molecule has 3 aromatic rings. The monoisotopic (exact) mass is 428 g/mol. The number of hydrogen-bond acceptors (Lipinski definition) is 3. The molecule has 3 rings (SSSR count). The molecule has 0 unspecified atom stereocenters. The van der Waals surface area contributed by atoms with Crippen LogP contribution in [0.1, 0.15) is 27.0 Å². The summed E-state index contributed by atoms with van der Waals surface area (Å²) < 4.78 is 28.5. The third kappa shape index (κ3) is 5.16. The Morgan fingerprint density at radius 1 is 0.862 bits per heavy atom. The highest BCUT2D eigenvalue weighted by atomic mass is 35.5. The van der Waals surface area contributed by atoms with Crippen LogP contribution in [0.15, 0.2) is 65.6 Å². The topological polar surface area (TPSA) is 75.3 Å². The van der Waals surface area contributed by atoms with E-state index in [0.29, 0.717) is 22.0 Å². The molecule has 0 spiro atoms. The van der Waals surface area contributed by atoms with Crippen LogP contribution in [-0.2, 0) is 10.0 Å². The van der Waals surface area contributed by atoms with E-state index in [1.807, 2.05) is 19.9 Å². The van der Waals surface area contributed by atoms with Crippen molar-refractivity contribution < 1.29 is 13.2 Å². The molecule has 0 bridgehead atoms. The number of rotatable bonds is 5. The molecule has 5 nitrogen and oxygen atoms in total. The highest BCUT2D eigenvalue weighted by Crippen LogP contribution is 2.23. The van der Waals surface area contributed by atoms with Crippen LogP contribution in [0.5, 0.6) is 0 Å². The van der Waals surface area contributed by atoms with Gasteiger partial charge in [-0.05, 0) is 79.9 Å². The fourth-order valence-corrected chi connectivity index (χ4v) is 4.55.